The number of piperidine rings is 1. The van der Waals surface area contributed by atoms with E-state index >= 15 is 0 Å². The van der Waals surface area contributed by atoms with Crippen LogP contribution in [-0.4, -0.2) is 56.1 Å². The molecule has 1 aliphatic heterocycles. The molecule has 2 rings (SSSR count). The molecular weight excluding hydrogens is 260 g/mol. The van der Waals surface area contributed by atoms with Crippen molar-refractivity contribution < 1.29 is 8.42 Å². The van der Waals surface area contributed by atoms with Gasteiger partial charge >= 0.3 is 0 Å². The molecule has 0 aromatic rings. The van der Waals surface area contributed by atoms with E-state index in [-0.39, 0.29) is 0 Å². The summed E-state index contributed by atoms with van der Waals surface area (Å²) in [5, 5.41) is 0. The van der Waals surface area contributed by atoms with Gasteiger partial charge in [0.1, 0.15) is 0 Å². The molecule has 2 fully saturated rings. The Bertz CT molecular complexity index is 358. The molecule has 5 heteroatoms. The van der Waals surface area contributed by atoms with Crippen molar-refractivity contribution in [2.45, 2.75) is 57.4 Å². The van der Waals surface area contributed by atoms with E-state index in [1.54, 1.807) is 4.31 Å². The van der Waals surface area contributed by atoms with E-state index in [2.05, 4.69) is 11.9 Å². The summed E-state index contributed by atoms with van der Waals surface area (Å²) in [5.74, 6) is 0.323. The number of hydrogen-bond donors (Lipinski definition) is 0. The summed E-state index contributed by atoms with van der Waals surface area (Å²) in [4.78, 5) is 2.36. The molecule has 0 spiro atoms. The van der Waals surface area contributed by atoms with Crippen molar-refractivity contribution in [3.05, 3.63) is 0 Å². The number of rotatable bonds is 6. The third-order valence-electron chi connectivity index (χ3n) is 4.57. The molecular formula is C14H28N2O2S. The minimum Gasteiger partial charge on any atom is -0.303 e. The zero-order valence-electron chi connectivity index (χ0n) is 12.2. The average molecular weight is 288 g/mol. The highest BCUT2D eigenvalue weighted by Crippen LogP contribution is 2.22. The fourth-order valence-corrected chi connectivity index (χ4v) is 4.86. The van der Waals surface area contributed by atoms with Crippen LogP contribution in [0, 0.1) is 0 Å². The van der Waals surface area contributed by atoms with Gasteiger partial charge in [-0.2, -0.15) is 0 Å². The number of nitrogens with zero attached hydrogens (tertiary/aromatic N) is 2. The molecule has 0 atom stereocenters. The van der Waals surface area contributed by atoms with Crippen LogP contribution in [0.5, 0.6) is 0 Å². The molecule has 1 saturated carbocycles. The lowest BCUT2D eigenvalue weighted by atomic mass is 10.2. The summed E-state index contributed by atoms with van der Waals surface area (Å²) in [7, 11) is -0.853. The average Bonchev–Trinajstić information content (AvgIpc) is 2.93. The van der Waals surface area contributed by atoms with Gasteiger partial charge in [-0.3, -0.25) is 0 Å². The topological polar surface area (TPSA) is 40.6 Å². The predicted molar refractivity (Wildman–Crippen MR) is 78.7 cm³/mol. The molecule has 112 valence electrons. The Kier molecular flexibility index (Phi) is 5.66. The summed E-state index contributed by atoms with van der Waals surface area (Å²) in [6.45, 7) is 2.39. The Balaban J connectivity index is 1.71. The highest BCUT2D eigenvalue weighted by molar-refractivity contribution is 7.89. The molecule has 0 bridgehead atoms. The van der Waals surface area contributed by atoms with Crippen LogP contribution in [0.1, 0.15) is 51.4 Å². The first-order valence-electron chi connectivity index (χ1n) is 7.78. The fraction of sp³-hybridized carbons (Fsp3) is 1.00. The zero-order chi connectivity index (χ0) is 13.7. The van der Waals surface area contributed by atoms with Crippen molar-refractivity contribution in [2.24, 2.45) is 0 Å². The van der Waals surface area contributed by atoms with Gasteiger partial charge in [0.05, 0.1) is 5.75 Å². The van der Waals surface area contributed by atoms with Crippen LogP contribution >= 0.6 is 0 Å². The standard InChI is InChI=1S/C14H28N2O2S/c1-15(14-8-3-4-9-14)10-7-13-19(17,18)16-11-5-2-6-12-16/h14H,2-13H2,1H3. The van der Waals surface area contributed by atoms with Gasteiger partial charge in [0.25, 0.3) is 0 Å². The van der Waals surface area contributed by atoms with Crippen LogP contribution in [0.15, 0.2) is 0 Å². The van der Waals surface area contributed by atoms with Gasteiger partial charge in [0, 0.05) is 19.1 Å². The molecule has 0 N–H and O–H groups in total. The monoisotopic (exact) mass is 288 g/mol. The lowest BCUT2D eigenvalue weighted by Gasteiger charge is -2.27. The van der Waals surface area contributed by atoms with E-state index in [1.807, 2.05) is 0 Å². The third-order valence-corrected chi connectivity index (χ3v) is 6.53. The van der Waals surface area contributed by atoms with Gasteiger partial charge in [0.15, 0.2) is 0 Å². The maximum atomic E-state index is 12.2. The Morgan fingerprint density at radius 3 is 2.32 bits per heavy atom. The van der Waals surface area contributed by atoms with E-state index in [4.69, 9.17) is 0 Å². The second-order valence-electron chi connectivity index (χ2n) is 6.05. The quantitative estimate of drug-likeness (QED) is 0.751. The zero-order valence-corrected chi connectivity index (χ0v) is 13.0. The molecule has 1 aliphatic carbocycles. The Hall–Kier alpha value is -0.130. The maximum absolute atomic E-state index is 12.2. The van der Waals surface area contributed by atoms with Gasteiger partial charge in [-0.05, 0) is 45.7 Å². The van der Waals surface area contributed by atoms with Crippen molar-refractivity contribution in [3.8, 4) is 0 Å². The van der Waals surface area contributed by atoms with E-state index in [1.165, 1.54) is 32.1 Å². The first-order valence-corrected chi connectivity index (χ1v) is 9.38. The molecule has 0 unspecified atom stereocenters. The van der Waals surface area contributed by atoms with E-state index in [0.29, 0.717) is 11.8 Å². The van der Waals surface area contributed by atoms with Crippen LogP contribution in [0.2, 0.25) is 0 Å². The van der Waals surface area contributed by atoms with E-state index < -0.39 is 10.0 Å². The molecule has 0 aromatic carbocycles. The van der Waals surface area contributed by atoms with Gasteiger partial charge in [-0.15, -0.1) is 0 Å². The van der Waals surface area contributed by atoms with Crippen LogP contribution < -0.4 is 0 Å². The molecule has 0 amide bonds. The Morgan fingerprint density at radius 1 is 1.05 bits per heavy atom. The highest BCUT2D eigenvalue weighted by atomic mass is 32.2. The SMILES string of the molecule is CN(CCCS(=O)(=O)N1CCCCC1)C1CCCC1. The second kappa shape index (κ2) is 7.04. The summed E-state index contributed by atoms with van der Waals surface area (Å²) in [5.41, 5.74) is 0. The second-order valence-corrected chi connectivity index (χ2v) is 8.14. The molecule has 4 nitrogen and oxygen atoms in total. The molecule has 2 aliphatic rings. The van der Waals surface area contributed by atoms with Gasteiger partial charge < -0.3 is 4.90 Å². The smallest absolute Gasteiger partial charge is 0.214 e. The van der Waals surface area contributed by atoms with Crippen molar-refractivity contribution in [3.63, 3.8) is 0 Å². The van der Waals surface area contributed by atoms with Crippen molar-refractivity contribution in [2.75, 3.05) is 32.4 Å². The predicted octanol–water partition coefficient (Wildman–Crippen LogP) is 2.07. The third kappa shape index (κ3) is 4.43. The largest absolute Gasteiger partial charge is 0.303 e. The molecule has 0 radical (unpaired) electrons. The Labute approximate surface area is 118 Å². The van der Waals surface area contributed by atoms with Gasteiger partial charge in [0.2, 0.25) is 10.0 Å². The number of sulfonamides is 1. The first-order chi connectivity index (χ1) is 9.09. The summed E-state index contributed by atoms with van der Waals surface area (Å²) in [6, 6.07) is 0.692. The molecule has 1 saturated heterocycles. The first kappa shape index (κ1) is 15.3. The van der Waals surface area contributed by atoms with Crippen LogP contribution in [0.4, 0.5) is 0 Å². The van der Waals surface area contributed by atoms with E-state index in [0.717, 1.165) is 38.9 Å². The van der Waals surface area contributed by atoms with Crippen LogP contribution in [0.3, 0.4) is 0 Å². The molecule has 1 heterocycles. The van der Waals surface area contributed by atoms with Crippen molar-refractivity contribution in [1.82, 2.24) is 9.21 Å². The van der Waals surface area contributed by atoms with Crippen LogP contribution in [0.25, 0.3) is 0 Å². The summed E-state index contributed by atoms with van der Waals surface area (Å²) in [6.07, 6.45) is 9.25. The minimum absolute atomic E-state index is 0.323. The molecule has 19 heavy (non-hydrogen) atoms. The molecule has 0 aromatic heterocycles. The van der Waals surface area contributed by atoms with E-state index in [9.17, 15) is 8.42 Å². The van der Waals surface area contributed by atoms with Gasteiger partial charge in [-0.1, -0.05) is 19.3 Å². The van der Waals surface area contributed by atoms with Crippen LogP contribution in [-0.2, 0) is 10.0 Å². The van der Waals surface area contributed by atoms with Crippen molar-refractivity contribution >= 4 is 10.0 Å². The lowest BCUT2D eigenvalue weighted by molar-refractivity contribution is 0.245. The summed E-state index contributed by atoms with van der Waals surface area (Å²) < 4.78 is 26.1. The highest BCUT2D eigenvalue weighted by Gasteiger charge is 2.24. The summed E-state index contributed by atoms with van der Waals surface area (Å²) >= 11 is 0. The van der Waals surface area contributed by atoms with Gasteiger partial charge in [-0.25, -0.2) is 12.7 Å². The lowest BCUT2D eigenvalue weighted by Crippen LogP contribution is -2.38. The minimum atomic E-state index is -3.00. The maximum Gasteiger partial charge on any atom is 0.214 e. The fourth-order valence-electron chi connectivity index (χ4n) is 3.30. The Morgan fingerprint density at radius 2 is 1.68 bits per heavy atom. The normalized spacial score (nSPS) is 23.3. The van der Waals surface area contributed by atoms with Crippen molar-refractivity contribution in [1.29, 1.82) is 0 Å². The number of hydrogen-bond acceptors (Lipinski definition) is 3.